The first-order chi connectivity index (χ1) is 8.83. The van der Waals surface area contributed by atoms with Gasteiger partial charge in [-0.2, -0.15) is 0 Å². The summed E-state index contributed by atoms with van der Waals surface area (Å²) < 4.78 is 5.31. The molecule has 0 aromatic rings. The van der Waals surface area contributed by atoms with Gasteiger partial charge in [-0.3, -0.25) is 9.69 Å². The first kappa shape index (κ1) is 15.2. The average Bonchev–Trinajstić information content (AvgIpc) is 2.41. The van der Waals surface area contributed by atoms with Crippen molar-refractivity contribution in [1.82, 2.24) is 10.2 Å². The Balaban J connectivity index is 1.94. The molecule has 0 spiro atoms. The highest BCUT2D eigenvalue weighted by atomic mass is 16.5. The fraction of sp³-hybridized carbons (Fsp3) is 0.786. The topological polar surface area (TPSA) is 41.6 Å². The molecule has 1 aliphatic heterocycles. The molecule has 1 atom stereocenters. The van der Waals surface area contributed by atoms with E-state index < -0.39 is 0 Å². The molecular formula is C14H26N2O2. The summed E-state index contributed by atoms with van der Waals surface area (Å²) in [5, 5.41) is 2.73. The summed E-state index contributed by atoms with van der Waals surface area (Å²) in [7, 11) is 0. The van der Waals surface area contributed by atoms with Gasteiger partial charge in [-0.25, -0.2) is 0 Å². The maximum atomic E-state index is 10.1. The van der Waals surface area contributed by atoms with Crippen LogP contribution in [0.2, 0.25) is 0 Å². The number of nitrogens with zero attached hydrogens (tertiary/aromatic N) is 1. The number of unbranched alkanes of at least 4 members (excludes halogenated alkanes) is 1. The largest absolute Gasteiger partial charge is 0.379 e. The molecule has 1 N–H and O–H groups in total. The van der Waals surface area contributed by atoms with Crippen LogP contribution in [0.15, 0.2) is 12.2 Å². The van der Waals surface area contributed by atoms with E-state index in [1.165, 1.54) is 12.8 Å². The molecule has 1 heterocycles. The Morgan fingerprint density at radius 3 is 2.83 bits per heavy atom. The molecule has 1 amide bonds. The molecular weight excluding hydrogens is 228 g/mol. The third-order valence-corrected chi connectivity index (χ3v) is 3.25. The van der Waals surface area contributed by atoms with Gasteiger partial charge < -0.3 is 10.1 Å². The van der Waals surface area contributed by atoms with E-state index in [0.29, 0.717) is 5.92 Å². The predicted octanol–water partition coefficient (Wildman–Crippen LogP) is 1.43. The quantitative estimate of drug-likeness (QED) is 0.384. The Hall–Kier alpha value is -0.870. The van der Waals surface area contributed by atoms with Crippen LogP contribution in [0.1, 0.15) is 26.2 Å². The second kappa shape index (κ2) is 10.1. The van der Waals surface area contributed by atoms with Crippen LogP contribution in [0, 0.1) is 5.92 Å². The van der Waals surface area contributed by atoms with E-state index in [2.05, 4.69) is 29.3 Å². The van der Waals surface area contributed by atoms with Crippen LogP contribution >= 0.6 is 0 Å². The Labute approximate surface area is 110 Å². The molecule has 4 nitrogen and oxygen atoms in total. The Morgan fingerprint density at radius 2 is 2.11 bits per heavy atom. The highest BCUT2D eigenvalue weighted by Gasteiger charge is 2.07. The molecule has 1 saturated heterocycles. The number of nitrogens with one attached hydrogen (secondary N) is 1. The molecule has 0 bridgehead atoms. The summed E-state index contributed by atoms with van der Waals surface area (Å²) in [5.74, 6) is 0.572. The van der Waals surface area contributed by atoms with Crippen molar-refractivity contribution in [2.24, 2.45) is 5.92 Å². The second-order valence-electron chi connectivity index (χ2n) is 4.95. The van der Waals surface area contributed by atoms with Crippen molar-refractivity contribution in [3.63, 3.8) is 0 Å². The Morgan fingerprint density at radius 1 is 1.33 bits per heavy atom. The molecule has 1 unspecified atom stereocenters. The van der Waals surface area contributed by atoms with Gasteiger partial charge in [0, 0.05) is 26.2 Å². The summed E-state index contributed by atoms with van der Waals surface area (Å²) in [5.41, 5.74) is 0. The number of amides is 1. The highest BCUT2D eigenvalue weighted by molar-refractivity contribution is 5.45. The molecule has 18 heavy (non-hydrogen) atoms. The number of allylic oxidation sites excluding steroid dienone is 1. The smallest absolute Gasteiger partial charge is 0.207 e. The van der Waals surface area contributed by atoms with Gasteiger partial charge in [-0.1, -0.05) is 19.1 Å². The van der Waals surface area contributed by atoms with Gasteiger partial charge in [0.15, 0.2) is 0 Å². The zero-order valence-electron chi connectivity index (χ0n) is 11.4. The first-order valence-corrected chi connectivity index (χ1v) is 6.95. The van der Waals surface area contributed by atoms with Crippen LogP contribution in [-0.4, -0.2) is 50.7 Å². The molecule has 0 saturated carbocycles. The maximum Gasteiger partial charge on any atom is 0.207 e. The van der Waals surface area contributed by atoms with Gasteiger partial charge in [-0.15, -0.1) is 0 Å². The Kier molecular flexibility index (Phi) is 8.51. The maximum absolute atomic E-state index is 10.1. The molecule has 1 fully saturated rings. The first-order valence-electron chi connectivity index (χ1n) is 6.95. The predicted molar refractivity (Wildman–Crippen MR) is 73.5 cm³/mol. The number of ether oxygens (including phenoxy) is 1. The standard InChI is InChI=1S/C14H26N2O2/c1-14(12-15-13-17)6-4-2-3-5-7-16-8-10-18-11-9-16/h3,5,13-14H,2,4,6-12H2,1H3,(H,15,17)/b5-3+. The van der Waals surface area contributed by atoms with E-state index in [-0.39, 0.29) is 0 Å². The Bertz CT molecular complexity index is 238. The van der Waals surface area contributed by atoms with Crippen LogP contribution in [0.3, 0.4) is 0 Å². The summed E-state index contributed by atoms with van der Waals surface area (Å²) in [6.07, 6.45) is 8.81. The minimum atomic E-state index is 0.572. The van der Waals surface area contributed by atoms with Crippen molar-refractivity contribution in [2.75, 3.05) is 39.4 Å². The molecule has 4 heteroatoms. The molecule has 1 aliphatic rings. The molecule has 104 valence electrons. The number of morpholine rings is 1. The highest BCUT2D eigenvalue weighted by Crippen LogP contribution is 2.07. The van der Waals surface area contributed by atoms with Crippen molar-refractivity contribution < 1.29 is 9.53 Å². The van der Waals surface area contributed by atoms with Crippen molar-refractivity contribution in [3.8, 4) is 0 Å². The third-order valence-electron chi connectivity index (χ3n) is 3.25. The zero-order valence-corrected chi connectivity index (χ0v) is 11.4. The van der Waals surface area contributed by atoms with Crippen molar-refractivity contribution in [1.29, 1.82) is 0 Å². The van der Waals surface area contributed by atoms with E-state index in [1.807, 2.05) is 0 Å². The van der Waals surface area contributed by atoms with Crippen LogP contribution in [0.25, 0.3) is 0 Å². The lowest BCUT2D eigenvalue weighted by Crippen LogP contribution is -2.36. The molecule has 0 aromatic carbocycles. The van der Waals surface area contributed by atoms with Gasteiger partial charge in [0.05, 0.1) is 13.2 Å². The van der Waals surface area contributed by atoms with Gasteiger partial charge in [-0.05, 0) is 25.2 Å². The minimum absolute atomic E-state index is 0.572. The van der Waals surface area contributed by atoms with Gasteiger partial charge in [0.1, 0.15) is 0 Å². The van der Waals surface area contributed by atoms with E-state index in [0.717, 1.165) is 52.2 Å². The normalized spacial score (nSPS) is 18.9. The molecule has 0 radical (unpaired) electrons. The van der Waals surface area contributed by atoms with E-state index >= 15 is 0 Å². The van der Waals surface area contributed by atoms with E-state index in [9.17, 15) is 4.79 Å². The molecule has 1 rings (SSSR count). The van der Waals surface area contributed by atoms with E-state index in [4.69, 9.17) is 4.74 Å². The number of hydrogen-bond acceptors (Lipinski definition) is 3. The van der Waals surface area contributed by atoms with Crippen molar-refractivity contribution in [2.45, 2.75) is 26.2 Å². The van der Waals surface area contributed by atoms with Crippen molar-refractivity contribution in [3.05, 3.63) is 12.2 Å². The minimum Gasteiger partial charge on any atom is -0.379 e. The fourth-order valence-corrected chi connectivity index (χ4v) is 2.06. The SMILES string of the molecule is CC(CCC/C=C/CN1CCOCC1)CNC=O. The second-order valence-corrected chi connectivity index (χ2v) is 4.95. The lowest BCUT2D eigenvalue weighted by atomic mass is 10.0. The molecule has 0 aromatic heterocycles. The number of carbonyl (C=O) groups is 1. The molecule has 0 aliphatic carbocycles. The number of rotatable bonds is 9. The zero-order chi connectivity index (χ0) is 13.1. The van der Waals surface area contributed by atoms with Crippen LogP contribution < -0.4 is 5.32 Å². The summed E-state index contributed by atoms with van der Waals surface area (Å²) in [6, 6.07) is 0. The van der Waals surface area contributed by atoms with Crippen LogP contribution in [-0.2, 0) is 9.53 Å². The van der Waals surface area contributed by atoms with Gasteiger partial charge in [0.25, 0.3) is 0 Å². The summed E-state index contributed by atoms with van der Waals surface area (Å²) in [4.78, 5) is 12.6. The monoisotopic (exact) mass is 254 g/mol. The summed E-state index contributed by atoms with van der Waals surface area (Å²) in [6.45, 7) is 7.86. The van der Waals surface area contributed by atoms with Gasteiger partial charge in [0.2, 0.25) is 6.41 Å². The third kappa shape index (κ3) is 7.45. The van der Waals surface area contributed by atoms with Crippen LogP contribution in [0.5, 0.6) is 0 Å². The number of hydrogen-bond donors (Lipinski definition) is 1. The van der Waals surface area contributed by atoms with Crippen molar-refractivity contribution >= 4 is 6.41 Å². The fourth-order valence-electron chi connectivity index (χ4n) is 2.06. The lowest BCUT2D eigenvalue weighted by molar-refractivity contribution is -0.109. The lowest BCUT2D eigenvalue weighted by Gasteiger charge is -2.25. The van der Waals surface area contributed by atoms with Crippen LogP contribution in [0.4, 0.5) is 0 Å². The van der Waals surface area contributed by atoms with Gasteiger partial charge >= 0.3 is 0 Å². The number of carbonyl (C=O) groups excluding carboxylic acids is 1. The summed E-state index contributed by atoms with van der Waals surface area (Å²) >= 11 is 0. The average molecular weight is 254 g/mol. The van der Waals surface area contributed by atoms with E-state index in [1.54, 1.807) is 0 Å².